The smallest absolute Gasteiger partial charge is 0.335 e. The maximum Gasteiger partial charge on any atom is 0.335 e. The molecule has 0 saturated carbocycles. The van der Waals surface area contributed by atoms with Gasteiger partial charge in [0.2, 0.25) is 6.04 Å². The van der Waals surface area contributed by atoms with Gasteiger partial charge in [-0.15, -0.1) is 16.4 Å². The predicted octanol–water partition coefficient (Wildman–Crippen LogP) is 2.14. The lowest BCUT2D eigenvalue weighted by molar-refractivity contribution is -0.154. The van der Waals surface area contributed by atoms with Crippen molar-refractivity contribution < 1.29 is 23.9 Å². The molecule has 13 nitrogen and oxygen atoms in total. The van der Waals surface area contributed by atoms with Crippen molar-refractivity contribution in [2.24, 2.45) is 15.4 Å². The summed E-state index contributed by atoms with van der Waals surface area (Å²) in [6.45, 7) is 2.12. The molecule has 14 heteroatoms. The summed E-state index contributed by atoms with van der Waals surface area (Å²) in [4.78, 5) is 39.1. The first-order valence-electron chi connectivity index (χ1n) is 12.1. The Hall–Kier alpha value is -4.46. The summed E-state index contributed by atoms with van der Waals surface area (Å²) in [6, 6.07) is 10.9. The molecule has 0 spiro atoms. The predicted molar refractivity (Wildman–Crippen MR) is 139 cm³/mol. The summed E-state index contributed by atoms with van der Waals surface area (Å²) in [5.41, 5.74) is 3.15. The van der Waals surface area contributed by atoms with Crippen LogP contribution in [-0.2, 0) is 30.4 Å². The number of methoxy groups -OCH3 is 2. The van der Waals surface area contributed by atoms with Gasteiger partial charge in [0.15, 0.2) is 6.04 Å². The van der Waals surface area contributed by atoms with Crippen molar-refractivity contribution in [1.29, 1.82) is 0 Å². The van der Waals surface area contributed by atoms with E-state index in [1.165, 1.54) is 30.6 Å². The number of benzene rings is 1. The Kier molecular flexibility index (Phi) is 7.45. The molecule has 4 heterocycles. The molecule has 3 unspecified atom stereocenters. The standard InChI is InChI=1S/C25H26N8O5S/c1-15-21(26-29-31(15)13-16-8-5-4-6-9-16)17-12-18(19-10-7-11-39-19)33(28-17)20(34)14-32-23(25(36)38-3)22(27-30-32)24(35)37-2/h4-11,18,22-23H,12-14H2,1-3H3. The molecule has 202 valence electrons. The summed E-state index contributed by atoms with van der Waals surface area (Å²) < 4.78 is 11.4. The molecule has 39 heavy (non-hydrogen) atoms. The SMILES string of the molecule is COC(=O)C1N=NN(CC(=O)N2N=C(c3nnn(Cc4ccccc4)c3C)CC2c2cccs2)C1C(=O)OC. The van der Waals surface area contributed by atoms with Crippen molar-refractivity contribution >= 4 is 34.9 Å². The van der Waals surface area contributed by atoms with Gasteiger partial charge in [0.05, 0.1) is 38.2 Å². The van der Waals surface area contributed by atoms with E-state index < -0.39 is 29.9 Å². The second-order valence-corrected chi connectivity index (χ2v) is 9.90. The Morgan fingerprint density at radius 3 is 2.51 bits per heavy atom. The van der Waals surface area contributed by atoms with Crippen molar-refractivity contribution in [2.75, 3.05) is 20.8 Å². The lowest BCUT2D eigenvalue weighted by Crippen LogP contribution is -2.49. The number of hydrazone groups is 1. The topological polar surface area (TPSA) is 144 Å². The summed E-state index contributed by atoms with van der Waals surface area (Å²) in [7, 11) is 2.37. The normalized spacial score (nSPS) is 20.3. The monoisotopic (exact) mass is 550 g/mol. The fraction of sp³-hybridized carbons (Fsp3) is 0.360. The first-order valence-corrected chi connectivity index (χ1v) is 13.0. The molecule has 2 aliphatic rings. The highest BCUT2D eigenvalue weighted by Crippen LogP contribution is 2.36. The number of thiophene rings is 1. The van der Waals surface area contributed by atoms with Crippen molar-refractivity contribution in [3.8, 4) is 0 Å². The van der Waals surface area contributed by atoms with E-state index in [4.69, 9.17) is 9.47 Å². The lowest BCUT2D eigenvalue weighted by atomic mass is 10.1. The molecule has 5 rings (SSSR count). The Balaban J connectivity index is 1.40. The highest BCUT2D eigenvalue weighted by Gasteiger charge is 2.46. The Bertz CT molecular complexity index is 1420. The van der Waals surface area contributed by atoms with Crippen LogP contribution in [0.5, 0.6) is 0 Å². The van der Waals surface area contributed by atoms with Gasteiger partial charge in [-0.25, -0.2) is 19.3 Å². The first-order chi connectivity index (χ1) is 18.9. The van der Waals surface area contributed by atoms with Crippen LogP contribution < -0.4 is 0 Å². The third kappa shape index (κ3) is 5.14. The van der Waals surface area contributed by atoms with E-state index in [0.717, 1.165) is 21.1 Å². The molecule has 0 bridgehead atoms. The minimum absolute atomic E-state index is 0.352. The van der Waals surface area contributed by atoms with Gasteiger partial charge < -0.3 is 9.47 Å². The molecule has 2 aliphatic heterocycles. The summed E-state index contributed by atoms with van der Waals surface area (Å²) in [6.07, 6.45) is 0.434. The zero-order valence-corrected chi connectivity index (χ0v) is 22.3. The Morgan fingerprint density at radius 1 is 1.05 bits per heavy atom. The largest absolute Gasteiger partial charge is 0.467 e. The van der Waals surface area contributed by atoms with E-state index in [9.17, 15) is 14.4 Å². The molecular formula is C25H26N8O5S. The molecule has 0 saturated heterocycles. The van der Waals surface area contributed by atoms with Crippen LogP contribution in [0, 0.1) is 6.92 Å². The minimum atomic E-state index is -1.23. The summed E-state index contributed by atoms with van der Waals surface area (Å²) in [5.74, 6) is -1.94. The molecule has 0 radical (unpaired) electrons. The molecule has 1 aromatic carbocycles. The lowest BCUT2D eigenvalue weighted by Gasteiger charge is -2.25. The van der Waals surface area contributed by atoms with Crippen LogP contribution in [0.1, 0.15) is 34.3 Å². The zero-order chi connectivity index (χ0) is 27.5. The van der Waals surface area contributed by atoms with Gasteiger partial charge in [-0.2, -0.15) is 10.2 Å². The number of carbonyl (C=O) groups is 3. The number of rotatable bonds is 8. The van der Waals surface area contributed by atoms with Crippen LogP contribution in [0.2, 0.25) is 0 Å². The second kappa shape index (κ2) is 11.1. The van der Waals surface area contributed by atoms with Crippen LogP contribution in [-0.4, -0.2) is 81.4 Å². The summed E-state index contributed by atoms with van der Waals surface area (Å²) in [5, 5.41) is 25.6. The molecule has 2 aromatic heterocycles. The van der Waals surface area contributed by atoms with Gasteiger partial charge in [-0.05, 0) is 23.9 Å². The first kappa shape index (κ1) is 26.2. The third-order valence-electron chi connectivity index (χ3n) is 6.56. The fourth-order valence-corrected chi connectivity index (χ4v) is 5.34. The molecule has 3 aromatic rings. The van der Waals surface area contributed by atoms with Gasteiger partial charge in [0, 0.05) is 11.3 Å². The fourth-order valence-electron chi connectivity index (χ4n) is 4.53. The number of aromatic nitrogens is 3. The third-order valence-corrected chi connectivity index (χ3v) is 7.54. The Labute approximate surface area is 227 Å². The van der Waals surface area contributed by atoms with Crippen molar-refractivity contribution in [1.82, 2.24) is 25.0 Å². The number of hydrogen-bond donors (Lipinski definition) is 0. The number of hydrogen-bond acceptors (Lipinski definition) is 12. The molecule has 0 fully saturated rings. The highest BCUT2D eigenvalue weighted by atomic mass is 32.1. The zero-order valence-electron chi connectivity index (χ0n) is 21.5. The van der Waals surface area contributed by atoms with E-state index in [0.29, 0.717) is 24.4 Å². The van der Waals surface area contributed by atoms with Crippen LogP contribution in [0.4, 0.5) is 0 Å². The van der Waals surface area contributed by atoms with E-state index >= 15 is 0 Å². The molecule has 0 N–H and O–H groups in total. The Morgan fingerprint density at radius 2 is 1.82 bits per heavy atom. The van der Waals surface area contributed by atoms with Gasteiger partial charge in [-0.3, -0.25) is 9.80 Å². The van der Waals surface area contributed by atoms with Crippen molar-refractivity contribution in [3.05, 3.63) is 69.7 Å². The van der Waals surface area contributed by atoms with E-state index in [-0.39, 0.29) is 12.6 Å². The maximum atomic E-state index is 13.6. The molecule has 1 amide bonds. The quantitative estimate of drug-likeness (QED) is 0.388. The van der Waals surface area contributed by atoms with E-state index in [1.807, 2.05) is 54.8 Å². The van der Waals surface area contributed by atoms with Crippen molar-refractivity contribution in [3.63, 3.8) is 0 Å². The molecule has 3 atom stereocenters. The van der Waals surface area contributed by atoms with Crippen LogP contribution in [0.15, 0.2) is 63.3 Å². The highest BCUT2D eigenvalue weighted by molar-refractivity contribution is 7.10. The van der Waals surface area contributed by atoms with Gasteiger partial charge in [0.25, 0.3) is 5.91 Å². The molecular weight excluding hydrogens is 524 g/mol. The average Bonchev–Trinajstić information content (AvgIpc) is 3.75. The maximum absolute atomic E-state index is 13.6. The van der Waals surface area contributed by atoms with Gasteiger partial charge in [0.1, 0.15) is 12.2 Å². The van der Waals surface area contributed by atoms with Crippen LogP contribution >= 0.6 is 11.3 Å². The summed E-state index contributed by atoms with van der Waals surface area (Å²) >= 11 is 1.51. The molecule has 0 aliphatic carbocycles. The van der Waals surface area contributed by atoms with E-state index in [1.54, 1.807) is 4.68 Å². The number of nitrogens with zero attached hydrogens (tertiary/aromatic N) is 8. The number of esters is 2. The number of ether oxygens (including phenoxy) is 2. The van der Waals surface area contributed by atoms with Crippen molar-refractivity contribution in [2.45, 2.75) is 38.0 Å². The minimum Gasteiger partial charge on any atom is -0.467 e. The van der Waals surface area contributed by atoms with Gasteiger partial charge >= 0.3 is 11.9 Å². The van der Waals surface area contributed by atoms with Gasteiger partial charge in [-0.1, -0.05) is 46.8 Å². The number of carbonyl (C=O) groups excluding carboxylic acids is 3. The van der Waals surface area contributed by atoms with E-state index in [2.05, 4.69) is 25.8 Å². The van der Waals surface area contributed by atoms with Crippen LogP contribution in [0.3, 0.4) is 0 Å². The second-order valence-electron chi connectivity index (χ2n) is 8.93. The average molecular weight is 551 g/mol. The van der Waals surface area contributed by atoms with Crippen LogP contribution in [0.25, 0.3) is 0 Å². The number of amides is 1.